The average Bonchev–Trinajstić information content (AvgIpc) is 2.67. The van der Waals surface area contributed by atoms with Crippen LogP contribution in [0.4, 0.5) is 0 Å². The highest BCUT2D eigenvalue weighted by atomic mass is 16.2. The summed E-state index contributed by atoms with van der Waals surface area (Å²) >= 11 is 0. The van der Waals surface area contributed by atoms with Gasteiger partial charge in [-0.3, -0.25) is 9.59 Å². The number of nitrogens with two attached hydrogens (primary N) is 1. The Labute approximate surface area is 148 Å². The Morgan fingerprint density at radius 3 is 2.08 bits per heavy atom. The quantitative estimate of drug-likeness (QED) is 0.814. The number of amides is 2. The number of carbonyl (C=O) groups is 2. The molecule has 0 fully saturated rings. The molecule has 0 radical (unpaired) electrons. The van der Waals surface area contributed by atoms with E-state index in [1.54, 1.807) is 29.2 Å². The fourth-order valence-electron chi connectivity index (χ4n) is 2.58. The summed E-state index contributed by atoms with van der Waals surface area (Å²) in [7, 11) is 0. The lowest BCUT2D eigenvalue weighted by molar-refractivity contribution is 0.0772. The summed E-state index contributed by atoms with van der Waals surface area (Å²) in [5, 5.41) is 2.83. The molecular weight excluding hydrogens is 314 g/mol. The van der Waals surface area contributed by atoms with E-state index in [4.69, 9.17) is 5.73 Å². The van der Waals surface area contributed by atoms with Crippen LogP contribution >= 0.6 is 0 Å². The van der Waals surface area contributed by atoms with E-state index in [2.05, 4.69) is 5.32 Å². The summed E-state index contributed by atoms with van der Waals surface area (Å²) < 4.78 is 0. The van der Waals surface area contributed by atoms with Gasteiger partial charge in [0.05, 0.1) is 0 Å². The molecule has 0 heterocycles. The minimum Gasteiger partial charge on any atom is -0.350 e. The molecule has 0 bridgehead atoms. The largest absolute Gasteiger partial charge is 0.350 e. The summed E-state index contributed by atoms with van der Waals surface area (Å²) in [6.07, 6.45) is 0. The van der Waals surface area contributed by atoms with Crippen molar-refractivity contribution in [2.24, 2.45) is 5.73 Å². The molecule has 0 aliphatic carbocycles. The van der Waals surface area contributed by atoms with Crippen molar-refractivity contribution in [1.29, 1.82) is 0 Å². The van der Waals surface area contributed by atoms with E-state index in [9.17, 15) is 9.59 Å². The second-order valence-corrected chi connectivity index (χ2v) is 5.78. The first-order valence-corrected chi connectivity index (χ1v) is 8.54. The zero-order valence-corrected chi connectivity index (χ0v) is 14.7. The predicted molar refractivity (Wildman–Crippen MR) is 99.4 cm³/mol. The lowest BCUT2D eigenvalue weighted by Gasteiger charge is -2.18. The molecule has 2 aromatic carbocycles. The number of nitrogens with one attached hydrogen (secondary N) is 1. The fraction of sp³-hybridized carbons (Fsp3) is 0.300. The van der Waals surface area contributed by atoms with E-state index in [1.165, 1.54) is 0 Å². The maximum absolute atomic E-state index is 12.3. The first-order valence-electron chi connectivity index (χ1n) is 8.54. The van der Waals surface area contributed by atoms with Crippen LogP contribution < -0.4 is 11.1 Å². The Kier molecular flexibility index (Phi) is 6.71. The Morgan fingerprint density at radius 2 is 1.52 bits per heavy atom. The van der Waals surface area contributed by atoms with E-state index in [0.29, 0.717) is 30.8 Å². The van der Waals surface area contributed by atoms with Gasteiger partial charge < -0.3 is 16.0 Å². The molecule has 0 saturated heterocycles. The molecule has 132 valence electrons. The first kappa shape index (κ1) is 18.7. The van der Waals surface area contributed by atoms with Crippen molar-refractivity contribution in [2.45, 2.75) is 19.9 Å². The predicted octanol–water partition coefficient (Wildman–Crippen LogP) is 2.60. The van der Waals surface area contributed by atoms with E-state index in [1.807, 2.05) is 44.2 Å². The third-order valence-electron chi connectivity index (χ3n) is 4.15. The Bertz CT molecular complexity index is 695. The van der Waals surface area contributed by atoms with Gasteiger partial charge in [-0.2, -0.15) is 0 Å². The molecule has 0 aromatic heterocycles. The van der Waals surface area contributed by atoms with Crippen LogP contribution in [0.15, 0.2) is 54.6 Å². The summed E-state index contributed by atoms with van der Waals surface area (Å²) in [6.45, 7) is 5.56. The Hall–Kier alpha value is -2.66. The molecule has 5 nitrogen and oxygen atoms in total. The summed E-state index contributed by atoms with van der Waals surface area (Å²) in [6, 6.07) is 16.1. The van der Waals surface area contributed by atoms with E-state index < -0.39 is 0 Å². The minimum atomic E-state index is -0.256. The number of rotatable bonds is 7. The van der Waals surface area contributed by atoms with Gasteiger partial charge in [0, 0.05) is 36.8 Å². The molecule has 3 N–H and O–H groups in total. The second-order valence-electron chi connectivity index (χ2n) is 5.78. The number of nitrogens with zero attached hydrogens (tertiary/aromatic N) is 1. The van der Waals surface area contributed by atoms with Gasteiger partial charge in [-0.05, 0) is 43.7 Å². The van der Waals surface area contributed by atoms with Crippen LogP contribution in [0.5, 0.6) is 0 Å². The Morgan fingerprint density at radius 1 is 0.960 bits per heavy atom. The third kappa shape index (κ3) is 4.90. The number of hydrogen-bond acceptors (Lipinski definition) is 3. The molecule has 0 aliphatic rings. The molecule has 1 unspecified atom stereocenters. The third-order valence-corrected chi connectivity index (χ3v) is 4.15. The molecule has 2 aromatic rings. The van der Waals surface area contributed by atoms with Gasteiger partial charge in [-0.15, -0.1) is 0 Å². The highest BCUT2D eigenvalue weighted by molar-refractivity contribution is 5.97. The van der Waals surface area contributed by atoms with Crippen molar-refractivity contribution >= 4 is 11.8 Å². The van der Waals surface area contributed by atoms with Crippen molar-refractivity contribution in [2.75, 3.05) is 19.6 Å². The topological polar surface area (TPSA) is 75.4 Å². The van der Waals surface area contributed by atoms with Gasteiger partial charge in [-0.1, -0.05) is 30.3 Å². The summed E-state index contributed by atoms with van der Waals surface area (Å²) in [4.78, 5) is 26.3. The Balaban J connectivity index is 1.95. The van der Waals surface area contributed by atoms with Crippen LogP contribution in [0.3, 0.4) is 0 Å². The minimum absolute atomic E-state index is 0.0249. The first-order chi connectivity index (χ1) is 12.1. The van der Waals surface area contributed by atoms with Crippen LogP contribution in [-0.4, -0.2) is 36.3 Å². The molecule has 2 amide bonds. The van der Waals surface area contributed by atoms with Gasteiger partial charge >= 0.3 is 0 Å². The molecule has 0 spiro atoms. The van der Waals surface area contributed by atoms with Gasteiger partial charge in [0.25, 0.3) is 11.8 Å². The molecule has 2 rings (SSSR count). The number of benzene rings is 2. The monoisotopic (exact) mass is 339 g/mol. The van der Waals surface area contributed by atoms with Gasteiger partial charge in [0.1, 0.15) is 0 Å². The molecule has 25 heavy (non-hydrogen) atoms. The van der Waals surface area contributed by atoms with Crippen LogP contribution in [-0.2, 0) is 0 Å². The second kappa shape index (κ2) is 8.99. The van der Waals surface area contributed by atoms with E-state index >= 15 is 0 Å². The highest BCUT2D eigenvalue weighted by Crippen LogP contribution is 2.10. The van der Waals surface area contributed by atoms with Crippen LogP contribution in [0.1, 0.15) is 46.2 Å². The molecule has 0 aliphatic heterocycles. The van der Waals surface area contributed by atoms with Crippen LogP contribution in [0.2, 0.25) is 0 Å². The van der Waals surface area contributed by atoms with Gasteiger partial charge in [0.15, 0.2) is 0 Å². The standard InChI is InChI=1S/C20H25N3O2/c1-3-23(4-2)20(25)17-12-10-16(11-13-17)19(24)22-14-18(21)15-8-6-5-7-9-15/h5-13,18H,3-4,14,21H2,1-2H3,(H,22,24). The summed E-state index contributed by atoms with van der Waals surface area (Å²) in [5.41, 5.74) is 8.15. The number of carbonyl (C=O) groups excluding carboxylic acids is 2. The van der Waals surface area contributed by atoms with Crippen molar-refractivity contribution in [1.82, 2.24) is 10.2 Å². The van der Waals surface area contributed by atoms with E-state index in [0.717, 1.165) is 5.56 Å². The number of hydrogen-bond donors (Lipinski definition) is 2. The fourth-order valence-corrected chi connectivity index (χ4v) is 2.58. The highest BCUT2D eigenvalue weighted by Gasteiger charge is 2.14. The summed E-state index contributed by atoms with van der Waals surface area (Å²) in [5.74, 6) is -0.226. The molecule has 5 heteroatoms. The lowest BCUT2D eigenvalue weighted by Crippen LogP contribution is -2.32. The zero-order valence-electron chi connectivity index (χ0n) is 14.7. The maximum Gasteiger partial charge on any atom is 0.253 e. The smallest absolute Gasteiger partial charge is 0.253 e. The van der Waals surface area contributed by atoms with Crippen molar-refractivity contribution in [3.8, 4) is 0 Å². The SMILES string of the molecule is CCN(CC)C(=O)c1ccc(C(=O)NCC(N)c2ccccc2)cc1. The zero-order chi connectivity index (χ0) is 18.2. The van der Waals surface area contributed by atoms with Crippen LogP contribution in [0, 0.1) is 0 Å². The van der Waals surface area contributed by atoms with Crippen molar-refractivity contribution < 1.29 is 9.59 Å². The molecule has 1 atom stereocenters. The van der Waals surface area contributed by atoms with Crippen molar-refractivity contribution in [3.05, 3.63) is 71.3 Å². The average molecular weight is 339 g/mol. The van der Waals surface area contributed by atoms with Gasteiger partial charge in [0.2, 0.25) is 0 Å². The van der Waals surface area contributed by atoms with Gasteiger partial charge in [-0.25, -0.2) is 0 Å². The van der Waals surface area contributed by atoms with Crippen LogP contribution in [0.25, 0.3) is 0 Å². The molecule has 0 saturated carbocycles. The molecular formula is C20H25N3O2. The van der Waals surface area contributed by atoms with E-state index in [-0.39, 0.29) is 17.9 Å². The normalized spacial score (nSPS) is 11.6. The van der Waals surface area contributed by atoms with Crippen molar-refractivity contribution in [3.63, 3.8) is 0 Å². The lowest BCUT2D eigenvalue weighted by atomic mass is 10.1. The maximum atomic E-state index is 12.3.